The first-order valence-corrected chi connectivity index (χ1v) is 7.07. The molecule has 0 atom stereocenters. The molecule has 0 radical (unpaired) electrons. The van der Waals surface area contributed by atoms with Crippen molar-refractivity contribution in [2.75, 3.05) is 18.0 Å². The summed E-state index contributed by atoms with van der Waals surface area (Å²) < 4.78 is 0.920. The molecule has 2 heterocycles. The van der Waals surface area contributed by atoms with Crippen molar-refractivity contribution in [2.45, 2.75) is 12.8 Å². The van der Waals surface area contributed by atoms with E-state index < -0.39 is 0 Å². The number of hydrogen-bond donors (Lipinski definition) is 0. The molecule has 1 saturated heterocycles. The van der Waals surface area contributed by atoms with Crippen LogP contribution < -0.4 is 4.90 Å². The van der Waals surface area contributed by atoms with Crippen molar-refractivity contribution in [1.82, 2.24) is 4.90 Å². The summed E-state index contributed by atoms with van der Waals surface area (Å²) in [5.74, 6) is -0.469. The summed E-state index contributed by atoms with van der Waals surface area (Å²) in [6, 6.07) is 7.18. The molecular formula is C14H13BrN2O2. The van der Waals surface area contributed by atoms with Gasteiger partial charge >= 0.3 is 0 Å². The van der Waals surface area contributed by atoms with Crippen LogP contribution in [0.1, 0.15) is 12.8 Å². The molecule has 2 aliphatic heterocycles. The summed E-state index contributed by atoms with van der Waals surface area (Å²) in [7, 11) is 0. The molecule has 0 saturated carbocycles. The fourth-order valence-corrected chi connectivity index (χ4v) is 2.74. The van der Waals surface area contributed by atoms with Gasteiger partial charge in [0.2, 0.25) is 0 Å². The lowest BCUT2D eigenvalue weighted by Gasteiger charge is -2.20. The molecule has 1 aromatic carbocycles. The highest BCUT2D eigenvalue weighted by molar-refractivity contribution is 9.10. The third-order valence-electron chi connectivity index (χ3n) is 3.43. The average Bonchev–Trinajstić information content (AvgIpc) is 3.00. The van der Waals surface area contributed by atoms with E-state index in [4.69, 9.17) is 0 Å². The molecule has 0 N–H and O–H groups in total. The monoisotopic (exact) mass is 320 g/mol. The van der Waals surface area contributed by atoms with E-state index >= 15 is 0 Å². The first-order valence-electron chi connectivity index (χ1n) is 6.27. The van der Waals surface area contributed by atoms with Crippen molar-refractivity contribution in [1.29, 1.82) is 0 Å². The zero-order valence-corrected chi connectivity index (χ0v) is 11.9. The molecule has 3 rings (SSSR count). The van der Waals surface area contributed by atoms with Crippen LogP contribution in [0, 0.1) is 0 Å². The molecular weight excluding hydrogens is 308 g/mol. The Balaban J connectivity index is 1.87. The van der Waals surface area contributed by atoms with Crippen molar-refractivity contribution in [3.05, 3.63) is 40.5 Å². The molecule has 5 heteroatoms. The van der Waals surface area contributed by atoms with Gasteiger partial charge in [-0.05, 0) is 37.1 Å². The molecule has 98 valence electrons. The molecule has 0 spiro atoms. The highest BCUT2D eigenvalue weighted by atomic mass is 79.9. The van der Waals surface area contributed by atoms with E-state index in [2.05, 4.69) is 15.9 Å². The van der Waals surface area contributed by atoms with Crippen LogP contribution in [0.25, 0.3) is 0 Å². The van der Waals surface area contributed by atoms with Gasteiger partial charge in [0.15, 0.2) is 0 Å². The van der Waals surface area contributed by atoms with Crippen LogP contribution in [0.5, 0.6) is 0 Å². The van der Waals surface area contributed by atoms with E-state index in [1.54, 1.807) is 12.1 Å². The predicted molar refractivity (Wildman–Crippen MR) is 75.5 cm³/mol. The zero-order valence-electron chi connectivity index (χ0n) is 10.3. The van der Waals surface area contributed by atoms with Crippen molar-refractivity contribution < 1.29 is 9.59 Å². The topological polar surface area (TPSA) is 40.6 Å². The normalized spacial score (nSPS) is 19.3. The lowest BCUT2D eigenvalue weighted by atomic mass is 10.3. The Morgan fingerprint density at radius 2 is 1.63 bits per heavy atom. The molecule has 2 aliphatic rings. The maximum absolute atomic E-state index is 12.4. The number of rotatable bonds is 2. The molecule has 0 unspecified atom stereocenters. The molecule has 0 aromatic heterocycles. The lowest BCUT2D eigenvalue weighted by molar-refractivity contribution is -0.120. The second-order valence-electron chi connectivity index (χ2n) is 4.68. The van der Waals surface area contributed by atoms with Crippen LogP contribution in [0.15, 0.2) is 40.5 Å². The van der Waals surface area contributed by atoms with Gasteiger partial charge in [-0.3, -0.25) is 9.59 Å². The van der Waals surface area contributed by atoms with Crippen LogP contribution in [0.2, 0.25) is 0 Å². The largest absolute Gasteiger partial charge is 0.367 e. The van der Waals surface area contributed by atoms with Crippen LogP contribution >= 0.6 is 15.9 Å². The third kappa shape index (κ3) is 2.18. The summed E-state index contributed by atoms with van der Waals surface area (Å²) in [4.78, 5) is 27.6. The minimum absolute atomic E-state index is 0.214. The molecule has 0 bridgehead atoms. The maximum Gasteiger partial charge on any atom is 0.281 e. The maximum atomic E-state index is 12.4. The number of anilines is 1. The molecule has 1 aromatic rings. The molecule has 4 nitrogen and oxygen atoms in total. The summed E-state index contributed by atoms with van der Waals surface area (Å²) in [6.45, 7) is 1.72. The van der Waals surface area contributed by atoms with Crippen molar-refractivity contribution >= 4 is 33.4 Å². The summed E-state index contributed by atoms with van der Waals surface area (Å²) in [6.07, 6.45) is 3.61. The van der Waals surface area contributed by atoms with Crippen LogP contribution in [0.4, 0.5) is 5.69 Å². The van der Waals surface area contributed by atoms with Gasteiger partial charge in [0, 0.05) is 23.6 Å². The zero-order chi connectivity index (χ0) is 13.4. The fraction of sp³-hybridized carbons (Fsp3) is 0.286. The second-order valence-corrected chi connectivity index (χ2v) is 5.59. The number of carbonyl (C=O) groups excluding carboxylic acids is 2. The van der Waals surface area contributed by atoms with Crippen LogP contribution in [-0.4, -0.2) is 29.8 Å². The van der Waals surface area contributed by atoms with Gasteiger partial charge in [-0.15, -0.1) is 0 Å². The van der Waals surface area contributed by atoms with Gasteiger partial charge in [0.1, 0.15) is 5.70 Å². The summed E-state index contributed by atoms with van der Waals surface area (Å²) in [5.41, 5.74) is 1.15. The standard InChI is InChI=1S/C14H13BrN2O2/c15-10-3-5-11(6-4-10)17-13(18)9-12(14(17)19)16-7-1-2-8-16/h3-6,9H,1-2,7-8H2. The van der Waals surface area contributed by atoms with Crippen LogP contribution in [-0.2, 0) is 9.59 Å². The van der Waals surface area contributed by atoms with Gasteiger partial charge in [-0.2, -0.15) is 0 Å². The number of carbonyl (C=O) groups is 2. The third-order valence-corrected chi connectivity index (χ3v) is 3.96. The van der Waals surface area contributed by atoms with Crippen LogP contribution in [0.3, 0.4) is 0 Å². The fourth-order valence-electron chi connectivity index (χ4n) is 2.48. The number of imide groups is 1. The Morgan fingerprint density at radius 1 is 1.00 bits per heavy atom. The van der Waals surface area contributed by atoms with E-state index in [0.29, 0.717) is 11.4 Å². The van der Waals surface area contributed by atoms with Crippen molar-refractivity contribution in [2.24, 2.45) is 0 Å². The Kier molecular flexibility index (Phi) is 3.14. The van der Waals surface area contributed by atoms with Gasteiger partial charge in [-0.1, -0.05) is 15.9 Å². The number of nitrogens with zero attached hydrogens (tertiary/aromatic N) is 2. The highest BCUT2D eigenvalue weighted by Crippen LogP contribution is 2.27. The molecule has 0 aliphatic carbocycles. The number of halogens is 1. The Labute approximate surface area is 119 Å². The number of amides is 2. The van der Waals surface area contributed by atoms with Gasteiger partial charge in [-0.25, -0.2) is 4.90 Å². The van der Waals surface area contributed by atoms with E-state index in [9.17, 15) is 9.59 Å². The summed E-state index contributed by atoms with van der Waals surface area (Å²) >= 11 is 3.34. The number of hydrogen-bond acceptors (Lipinski definition) is 3. The van der Waals surface area contributed by atoms with Crippen molar-refractivity contribution in [3.63, 3.8) is 0 Å². The molecule has 19 heavy (non-hydrogen) atoms. The second kappa shape index (κ2) is 4.81. The van der Waals surface area contributed by atoms with Gasteiger partial charge < -0.3 is 4.90 Å². The first-order chi connectivity index (χ1) is 9.16. The first kappa shape index (κ1) is 12.4. The van der Waals surface area contributed by atoms with Crippen molar-refractivity contribution in [3.8, 4) is 0 Å². The van der Waals surface area contributed by atoms with E-state index in [-0.39, 0.29) is 11.8 Å². The number of likely N-dealkylation sites (tertiary alicyclic amines) is 1. The van der Waals surface area contributed by atoms with E-state index in [1.165, 1.54) is 11.0 Å². The van der Waals surface area contributed by atoms with E-state index in [1.807, 2.05) is 17.0 Å². The Morgan fingerprint density at radius 3 is 2.26 bits per heavy atom. The number of benzene rings is 1. The minimum Gasteiger partial charge on any atom is -0.367 e. The smallest absolute Gasteiger partial charge is 0.281 e. The van der Waals surface area contributed by atoms with E-state index in [0.717, 1.165) is 30.4 Å². The average molecular weight is 321 g/mol. The molecule has 1 fully saturated rings. The Hall–Kier alpha value is -1.62. The quantitative estimate of drug-likeness (QED) is 0.785. The van der Waals surface area contributed by atoms with Gasteiger partial charge in [0.05, 0.1) is 5.69 Å². The minimum atomic E-state index is -0.255. The Bertz CT molecular complexity index is 559. The lowest BCUT2D eigenvalue weighted by Crippen LogP contribution is -2.34. The SMILES string of the molecule is O=C1C=C(N2CCCC2)C(=O)N1c1ccc(Br)cc1. The summed E-state index contributed by atoms with van der Waals surface area (Å²) in [5, 5.41) is 0. The highest BCUT2D eigenvalue weighted by Gasteiger charge is 2.35. The molecule has 2 amide bonds. The van der Waals surface area contributed by atoms with Gasteiger partial charge in [0.25, 0.3) is 11.8 Å². The predicted octanol–water partition coefficient (Wildman–Crippen LogP) is 2.30.